The lowest BCUT2D eigenvalue weighted by atomic mass is 9.78. The Balaban J connectivity index is 0.00000196. The van der Waals surface area contributed by atoms with Crippen molar-refractivity contribution in [1.82, 2.24) is 9.44 Å². The second-order valence-electron chi connectivity index (χ2n) is 3.93. The predicted octanol–water partition coefficient (Wildman–Crippen LogP) is 0.124. The topological polar surface area (TPSA) is 84.2 Å². The highest BCUT2D eigenvalue weighted by atomic mass is 35.5. The third-order valence-electron chi connectivity index (χ3n) is 2.51. The van der Waals surface area contributed by atoms with Crippen molar-refractivity contribution in [2.24, 2.45) is 5.73 Å². The molecule has 0 amide bonds. The largest absolute Gasteiger partial charge is 0.324 e. The molecular weight excluding hydrogens is 238 g/mol. The Hall–Kier alpha value is 0.120. The van der Waals surface area contributed by atoms with Gasteiger partial charge in [0, 0.05) is 18.6 Å². The molecule has 92 valence electrons. The summed E-state index contributed by atoms with van der Waals surface area (Å²) in [6, 6.07) is 0. The summed E-state index contributed by atoms with van der Waals surface area (Å²) >= 11 is 0. The summed E-state index contributed by atoms with van der Waals surface area (Å²) < 4.78 is 27.5. The summed E-state index contributed by atoms with van der Waals surface area (Å²) in [4.78, 5) is 0. The van der Waals surface area contributed by atoms with Crippen LogP contribution in [-0.4, -0.2) is 27.0 Å². The second-order valence-corrected chi connectivity index (χ2v) is 5.52. The van der Waals surface area contributed by atoms with Crippen LogP contribution in [-0.2, 0) is 10.2 Å². The quantitative estimate of drug-likeness (QED) is 0.632. The maximum atomic E-state index is 11.3. The SMILES string of the molecule is CCCNS(=O)(=O)NCC1(N)CCC1.Cl. The van der Waals surface area contributed by atoms with Gasteiger partial charge in [-0.2, -0.15) is 8.42 Å². The number of nitrogens with two attached hydrogens (primary N) is 1. The van der Waals surface area contributed by atoms with E-state index in [2.05, 4.69) is 9.44 Å². The van der Waals surface area contributed by atoms with Crippen molar-refractivity contribution in [3.05, 3.63) is 0 Å². The number of halogens is 1. The Morgan fingerprint density at radius 2 is 1.93 bits per heavy atom. The van der Waals surface area contributed by atoms with E-state index >= 15 is 0 Å². The van der Waals surface area contributed by atoms with Crippen molar-refractivity contribution in [2.75, 3.05) is 13.1 Å². The predicted molar refractivity (Wildman–Crippen MR) is 63.2 cm³/mol. The highest BCUT2D eigenvalue weighted by Crippen LogP contribution is 2.28. The standard InChI is InChI=1S/C8H19N3O2S.ClH/c1-2-6-10-14(12,13)11-7-8(9)4-3-5-8;/h10-11H,2-7,9H2,1H3;1H. The van der Waals surface area contributed by atoms with E-state index in [0.29, 0.717) is 13.1 Å². The molecular formula is C8H20ClN3O2S. The third kappa shape index (κ3) is 5.12. The van der Waals surface area contributed by atoms with Gasteiger partial charge in [-0.05, 0) is 25.7 Å². The van der Waals surface area contributed by atoms with Crippen LogP contribution in [0.25, 0.3) is 0 Å². The van der Waals surface area contributed by atoms with Gasteiger partial charge in [0.05, 0.1) is 0 Å². The molecule has 0 atom stereocenters. The molecule has 0 aliphatic heterocycles. The number of hydrogen-bond donors (Lipinski definition) is 3. The van der Waals surface area contributed by atoms with E-state index in [1.165, 1.54) is 0 Å². The zero-order valence-corrected chi connectivity index (χ0v) is 10.6. The molecule has 0 aromatic heterocycles. The molecule has 7 heteroatoms. The van der Waals surface area contributed by atoms with Crippen molar-refractivity contribution in [3.8, 4) is 0 Å². The van der Waals surface area contributed by atoms with Crippen molar-refractivity contribution >= 4 is 22.6 Å². The average molecular weight is 258 g/mol. The van der Waals surface area contributed by atoms with Gasteiger partial charge in [0.25, 0.3) is 10.2 Å². The first-order valence-electron chi connectivity index (χ1n) is 5.01. The van der Waals surface area contributed by atoms with Crippen LogP contribution in [0.5, 0.6) is 0 Å². The number of nitrogens with one attached hydrogen (secondary N) is 2. The Bertz CT molecular complexity index is 278. The lowest BCUT2D eigenvalue weighted by Gasteiger charge is -2.37. The summed E-state index contributed by atoms with van der Waals surface area (Å²) in [5.74, 6) is 0. The molecule has 0 saturated heterocycles. The van der Waals surface area contributed by atoms with Crippen molar-refractivity contribution in [3.63, 3.8) is 0 Å². The van der Waals surface area contributed by atoms with Crippen LogP contribution >= 0.6 is 12.4 Å². The molecule has 1 rings (SSSR count). The van der Waals surface area contributed by atoms with Gasteiger partial charge in [-0.3, -0.25) is 0 Å². The van der Waals surface area contributed by atoms with Crippen LogP contribution in [0, 0.1) is 0 Å². The third-order valence-corrected chi connectivity index (χ3v) is 3.61. The fourth-order valence-electron chi connectivity index (χ4n) is 1.33. The maximum Gasteiger partial charge on any atom is 0.276 e. The van der Waals surface area contributed by atoms with Gasteiger partial charge in [0.2, 0.25) is 0 Å². The number of hydrogen-bond acceptors (Lipinski definition) is 3. The van der Waals surface area contributed by atoms with Gasteiger partial charge in [0.1, 0.15) is 0 Å². The van der Waals surface area contributed by atoms with E-state index in [9.17, 15) is 8.42 Å². The van der Waals surface area contributed by atoms with Crippen molar-refractivity contribution in [1.29, 1.82) is 0 Å². The molecule has 0 unspecified atom stereocenters. The molecule has 0 aromatic carbocycles. The normalized spacial score (nSPS) is 19.1. The molecule has 0 radical (unpaired) electrons. The Morgan fingerprint density at radius 3 is 2.33 bits per heavy atom. The van der Waals surface area contributed by atoms with Gasteiger partial charge in [-0.25, -0.2) is 9.44 Å². The van der Waals surface area contributed by atoms with Gasteiger partial charge in [-0.1, -0.05) is 6.92 Å². The van der Waals surface area contributed by atoms with Gasteiger partial charge in [0.15, 0.2) is 0 Å². The molecule has 1 fully saturated rings. The van der Waals surface area contributed by atoms with Crippen molar-refractivity contribution in [2.45, 2.75) is 38.1 Å². The minimum absolute atomic E-state index is 0. The molecule has 0 heterocycles. The lowest BCUT2D eigenvalue weighted by Crippen LogP contribution is -2.56. The lowest BCUT2D eigenvalue weighted by molar-refractivity contribution is 0.250. The van der Waals surface area contributed by atoms with Crippen LogP contribution < -0.4 is 15.2 Å². The molecule has 0 spiro atoms. The first kappa shape index (κ1) is 15.1. The molecule has 1 saturated carbocycles. The zero-order valence-electron chi connectivity index (χ0n) is 8.95. The van der Waals surface area contributed by atoms with Crippen LogP contribution in [0.4, 0.5) is 0 Å². The molecule has 5 nitrogen and oxygen atoms in total. The van der Waals surface area contributed by atoms with E-state index in [1.807, 2.05) is 6.92 Å². The zero-order chi connectivity index (χ0) is 10.7. The molecule has 0 aromatic rings. The smallest absolute Gasteiger partial charge is 0.276 e. The minimum atomic E-state index is -3.33. The summed E-state index contributed by atoms with van der Waals surface area (Å²) in [6.45, 7) is 2.72. The Kier molecular flexibility index (Phi) is 6.05. The minimum Gasteiger partial charge on any atom is -0.324 e. The molecule has 0 bridgehead atoms. The first-order chi connectivity index (χ1) is 6.47. The average Bonchev–Trinajstić information content (AvgIpc) is 2.09. The first-order valence-corrected chi connectivity index (χ1v) is 6.49. The molecule has 4 N–H and O–H groups in total. The van der Waals surface area contributed by atoms with Crippen LogP contribution in [0.3, 0.4) is 0 Å². The Labute approximate surface area is 97.8 Å². The highest BCUT2D eigenvalue weighted by Gasteiger charge is 2.33. The fraction of sp³-hybridized carbons (Fsp3) is 1.00. The summed E-state index contributed by atoms with van der Waals surface area (Å²) in [5.41, 5.74) is 5.58. The number of rotatable bonds is 6. The van der Waals surface area contributed by atoms with E-state index in [4.69, 9.17) is 5.73 Å². The molecule has 1 aliphatic carbocycles. The maximum absolute atomic E-state index is 11.3. The highest BCUT2D eigenvalue weighted by molar-refractivity contribution is 7.87. The van der Waals surface area contributed by atoms with Gasteiger partial charge in [-0.15, -0.1) is 12.4 Å². The second kappa shape index (κ2) is 6.00. The van der Waals surface area contributed by atoms with E-state index in [1.54, 1.807) is 0 Å². The van der Waals surface area contributed by atoms with E-state index < -0.39 is 10.2 Å². The van der Waals surface area contributed by atoms with Crippen LogP contribution in [0.2, 0.25) is 0 Å². The van der Waals surface area contributed by atoms with E-state index in [0.717, 1.165) is 25.7 Å². The van der Waals surface area contributed by atoms with Crippen LogP contribution in [0.15, 0.2) is 0 Å². The van der Waals surface area contributed by atoms with Crippen molar-refractivity contribution < 1.29 is 8.42 Å². The van der Waals surface area contributed by atoms with Gasteiger partial charge < -0.3 is 5.73 Å². The monoisotopic (exact) mass is 257 g/mol. The molecule has 1 aliphatic rings. The molecule has 15 heavy (non-hydrogen) atoms. The Morgan fingerprint density at radius 1 is 1.33 bits per heavy atom. The fourth-order valence-corrected chi connectivity index (χ4v) is 2.39. The van der Waals surface area contributed by atoms with Gasteiger partial charge >= 0.3 is 0 Å². The van der Waals surface area contributed by atoms with Crippen LogP contribution in [0.1, 0.15) is 32.6 Å². The summed E-state index contributed by atoms with van der Waals surface area (Å²) in [7, 11) is -3.33. The summed E-state index contributed by atoms with van der Waals surface area (Å²) in [6.07, 6.45) is 3.70. The summed E-state index contributed by atoms with van der Waals surface area (Å²) in [5, 5.41) is 0. The van der Waals surface area contributed by atoms with E-state index in [-0.39, 0.29) is 17.9 Å².